The van der Waals surface area contributed by atoms with Crippen molar-refractivity contribution < 1.29 is 8.78 Å². The molecule has 0 amide bonds. The summed E-state index contributed by atoms with van der Waals surface area (Å²) >= 11 is 0. The molecule has 0 aromatic heterocycles. The Hall–Kier alpha value is -1.00. The predicted octanol–water partition coefficient (Wildman–Crippen LogP) is 1.44. The third-order valence-electron chi connectivity index (χ3n) is 2.28. The number of benzene rings is 1. The summed E-state index contributed by atoms with van der Waals surface area (Å²) in [5.74, 6) is -0.977. The summed E-state index contributed by atoms with van der Waals surface area (Å²) < 4.78 is 26.3. The third kappa shape index (κ3) is 3.57. The van der Waals surface area contributed by atoms with E-state index in [9.17, 15) is 8.78 Å². The van der Waals surface area contributed by atoms with Crippen LogP contribution in [0.4, 0.5) is 8.78 Å². The van der Waals surface area contributed by atoms with E-state index in [1.807, 2.05) is 6.92 Å². The molecule has 0 saturated heterocycles. The monoisotopic (exact) mass is 214 g/mol. The Labute approximate surface area is 88.5 Å². The average molecular weight is 214 g/mol. The maximum Gasteiger partial charge on any atom is 0.129 e. The number of halogens is 2. The normalized spacial score (nSPS) is 12.8. The SMILES string of the molecule is C[C@H](CN)NCCc1c(F)cccc1F. The highest BCUT2D eigenvalue weighted by atomic mass is 19.1. The summed E-state index contributed by atoms with van der Waals surface area (Å²) in [5, 5.41) is 3.08. The van der Waals surface area contributed by atoms with E-state index in [2.05, 4.69) is 5.32 Å². The van der Waals surface area contributed by atoms with E-state index in [0.29, 0.717) is 19.5 Å². The first kappa shape index (κ1) is 12.1. The number of nitrogens with two attached hydrogens (primary N) is 1. The zero-order chi connectivity index (χ0) is 11.3. The van der Waals surface area contributed by atoms with E-state index >= 15 is 0 Å². The standard InChI is InChI=1S/C11H16F2N2/c1-8(7-14)15-6-5-9-10(12)3-2-4-11(9)13/h2-4,8,15H,5-7,14H2,1H3/t8-/m1/s1. The zero-order valence-corrected chi connectivity index (χ0v) is 8.76. The van der Waals surface area contributed by atoms with Crippen LogP contribution in [0.1, 0.15) is 12.5 Å². The summed E-state index contributed by atoms with van der Waals surface area (Å²) in [5.41, 5.74) is 5.53. The average Bonchev–Trinajstić information content (AvgIpc) is 2.22. The second-order valence-electron chi connectivity index (χ2n) is 3.54. The highest BCUT2D eigenvalue weighted by Gasteiger charge is 2.07. The van der Waals surface area contributed by atoms with Crippen LogP contribution in [0.25, 0.3) is 0 Å². The van der Waals surface area contributed by atoms with Gasteiger partial charge in [-0.05, 0) is 32.0 Å². The molecule has 2 nitrogen and oxygen atoms in total. The van der Waals surface area contributed by atoms with E-state index in [1.165, 1.54) is 18.2 Å². The lowest BCUT2D eigenvalue weighted by atomic mass is 10.1. The van der Waals surface area contributed by atoms with Crippen LogP contribution in [0.15, 0.2) is 18.2 Å². The molecule has 15 heavy (non-hydrogen) atoms. The molecule has 1 rings (SSSR count). The number of hydrogen-bond acceptors (Lipinski definition) is 2. The largest absolute Gasteiger partial charge is 0.329 e. The number of nitrogens with one attached hydrogen (secondary N) is 1. The molecule has 0 bridgehead atoms. The van der Waals surface area contributed by atoms with Gasteiger partial charge in [0.1, 0.15) is 11.6 Å². The van der Waals surface area contributed by atoms with Gasteiger partial charge in [0, 0.05) is 18.2 Å². The Kier molecular flexibility index (Phi) is 4.65. The van der Waals surface area contributed by atoms with Gasteiger partial charge in [0.15, 0.2) is 0 Å². The van der Waals surface area contributed by atoms with Crippen molar-refractivity contribution in [3.8, 4) is 0 Å². The van der Waals surface area contributed by atoms with Crippen LogP contribution in [0.3, 0.4) is 0 Å². The van der Waals surface area contributed by atoms with E-state index < -0.39 is 11.6 Å². The molecule has 1 aromatic rings. The van der Waals surface area contributed by atoms with Gasteiger partial charge in [-0.25, -0.2) is 8.78 Å². The molecule has 0 spiro atoms. The highest BCUT2D eigenvalue weighted by Crippen LogP contribution is 2.11. The first-order valence-corrected chi connectivity index (χ1v) is 5.01. The second-order valence-corrected chi connectivity index (χ2v) is 3.54. The van der Waals surface area contributed by atoms with Crippen molar-refractivity contribution in [3.05, 3.63) is 35.4 Å². The molecule has 0 aliphatic carbocycles. The third-order valence-corrected chi connectivity index (χ3v) is 2.28. The minimum atomic E-state index is -0.489. The molecule has 84 valence electrons. The molecular formula is C11H16F2N2. The molecule has 0 fully saturated rings. The van der Waals surface area contributed by atoms with Crippen molar-refractivity contribution in [3.63, 3.8) is 0 Å². The van der Waals surface area contributed by atoms with Crippen LogP contribution in [0.2, 0.25) is 0 Å². The fraction of sp³-hybridized carbons (Fsp3) is 0.455. The molecule has 0 radical (unpaired) electrons. The van der Waals surface area contributed by atoms with Gasteiger partial charge in [-0.15, -0.1) is 0 Å². The van der Waals surface area contributed by atoms with Crippen molar-refractivity contribution in [1.82, 2.24) is 5.32 Å². The number of hydrogen-bond donors (Lipinski definition) is 2. The van der Waals surface area contributed by atoms with Crippen LogP contribution < -0.4 is 11.1 Å². The molecule has 0 unspecified atom stereocenters. The van der Waals surface area contributed by atoms with Gasteiger partial charge in [0.25, 0.3) is 0 Å². The van der Waals surface area contributed by atoms with Gasteiger partial charge in [0.2, 0.25) is 0 Å². The van der Waals surface area contributed by atoms with Crippen LogP contribution in [0, 0.1) is 11.6 Å². The van der Waals surface area contributed by atoms with Gasteiger partial charge < -0.3 is 11.1 Å². The summed E-state index contributed by atoms with van der Waals surface area (Å²) in [6.45, 7) is 2.97. The molecule has 0 saturated carbocycles. The lowest BCUT2D eigenvalue weighted by Crippen LogP contribution is -2.34. The Morgan fingerprint density at radius 2 is 1.93 bits per heavy atom. The molecule has 0 heterocycles. The topological polar surface area (TPSA) is 38.0 Å². The Morgan fingerprint density at radius 1 is 1.33 bits per heavy atom. The summed E-state index contributed by atoms with van der Waals surface area (Å²) in [6.07, 6.45) is 0.336. The summed E-state index contributed by atoms with van der Waals surface area (Å²) in [6, 6.07) is 4.07. The fourth-order valence-corrected chi connectivity index (χ4v) is 1.30. The van der Waals surface area contributed by atoms with Crippen molar-refractivity contribution in [2.24, 2.45) is 5.73 Å². The Bertz CT molecular complexity index is 295. The van der Waals surface area contributed by atoms with Crippen LogP contribution in [-0.4, -0.2) is 19.1 Å². The number of rotatable bonds is 5. The molecule has 4 heteroatoms. The molecule has 1 atom stereocenters. The van der Waals surface area contributed by atoms with Gasteiger partial charge in [-0.3, -0.25) is 0 Å². The first-order valence-electron chi connectivity index (χ1n) is 5.01. The molecular weight excluding hydrogens is 198 g/mol. The first-order chi connectivity index (χ1) is 7.15. The minimum absolute atomic E-state index is 0.134. The van der Waals surface area contributed by atoms with Crippen molar-refractivity contribution >= 4 is 0 Å². The van der Waals surface area contributed by atoms with Gasteiger partial charge in [0.05, 0.1) is 0 Å². The zero-order valence-electron chi connectivity index (χ0n) is 8.76. The van der Waals surface area contributed by atoms with Crippen molar-refractivity contribution in [1.29, 1.82) is 0 Å². The smallest absolute Gasteiger partial charge is 0.129 e. The molecule has 0 aliphatic rings. The lowest BCUT2D eigenvalue weighted by Gasteiger charge is -2.11. The van der Waals surface area contributed by atoms with Gasteiger partial charge in [-0.1, -0.05) is 6.07 Å². The maximum atomic E-state index is 13.2. The highest BCUT2D eigenvalue weighted by molar-refractivity contribution is 5.19. The Morgan fingerprint density at radius 3 is 2.47 bits per heavy atom. The Balaban J connectivity index is 2.50. The van der Waals surface area contributed by atoms with Crippen LogP contribution in [0.5, 0.6) is 0 Å². The lowest BCUT2D eigenvalue weighted by molar-refractivity contribution is 0.523. The van der Waals surface area contributed by atoms with E-state index in [0.717, 1.165) is 0 Å². The van der Waals surface area contributed by atoms with Crippen LogP contribution in [-0.2, 0) is 6.42 Å². The second kappa shape index (κ2) is 5.78. The van der Waals surface area contributed by atoms with Crippen molar-refractivity contribution in [2.75, 3.05) is 13.1 Å². The molecule has 3 N–H and O–H groups in total. The summed E-state index contributed by atoms with van der Waals surface area (Å²) in [4.78, 5) is 0. The molecule has 0 aliphatic heterocycles. The van der Waals surface area contributed by atoms with E-state index in [4.69, 9.17) is 5.73 Å². The van der Waals surface area contributed by atoms with Crippen LogP contribution >= 0.6 is 0 Å². The van der Waals surface area contributed by atoms with E-state index in [-0.39, 0.29) is 11.6 Å². The fourth-order valence-electron chi connectivity index (χ4n) is 1.30. The maximum absolute atomic E-state index is 13.2. The predicted molar refractivity (Wildman–Crippen MR) is 56.6 cm³/mol. The molecule has 1 aromatic carbocycles. The van der Waals surface area contributed by atoms with E-state index in [1.54, 1.807) is 0 Å². The minimum Gasteiger partial charge on any atom is -0.329 e. The van der Waals surface area contributed by atoms with Crippen molar-refractivity contribution in [2.45, 2.75) is 19.4 Å². The quantitative estimate of drug-likeness (QED) is 0.778. The van der Waals surface area contributed by atoms with Gasteiger partial charge >= 0.3 is 0 Å². The summed E-state index contributed by atoms with van der Waals surface area (Å²) in [7, 11) is 0. The van der Waals surface area contributed by atoms with Gasteiger partial charge in [-0.2, -0.15) is 0 Å².